The predicted molar refractivity (Wildman–Crippen MR) is 124 cm³/mol. The van der Waals surface area contributed by atoms with Crippen LogP contribution in [0.15, 0.2) is 65.2 Å². The molecule has 0 bridgehead atoms. The van der Waals surface area contributed by atoms with Gasteiger partial charge in [0.2, 0.25) is 0 Å². The molecule has 3 aromatic rings. The third-order valence-corrected chi connectivity index (χ3v) is 5.85. The number of esters is 2. The lowest BCUT2D eigenvalue weighted by atomic mass is 10.0. The van der Waals surface area contributed by atoms with Gasteiger partial charge in [-0.15, -0.1) is 0 Å². The quantitative estimate of drug-likeness (QED) is 0.414. The van der Waals surface area contributed by atoms with Crippen molar-refractivity contribution in [1.82, 2.24) is 15.2 Å². The number of ether oxygens (including phenoxy) is 2. The Morgan fingerprint density at radius 3 is 2.61 bits per heavy atom. The van der Waals surface area contributed by atoms with E-state index in [0.717, 1.165) is 5.69 Å². The summed E-state index contributed by atoms with van der Waals surface area (Å²) in [7, 11) is 2.70. The number of furan rings is 1. The molecule has 170 valence electrons. The average Bonchev–Trinajstić information content (AvgIpc) is 3.47. The molecule has 2 atom stereocenters. The average molecular weight is 466 g/mol. The standard InChI is InChI=1S/C24H23N3O5S/c1-30-20(28)12-14-27-22(21(26-24(27)33)17-9-5-6-13-25-17)19-11-10-18(32-19)15-7-3-4-8-16(15)23(29)31-2/h3-11,13,21-22H,12,14H2,1-2H3,(H,26,33)/t21-,22-/m1/s1. The minimum Gasteiger partial charge on any atom is -0.469 e. The number of thiocarbonyl (C=S) groups is 1. The third-order valence-electron chi connectivity index (χ3n) is 5.50. The first-order valence-electron chi connectivity index (χ1n) is 10.4. The largest absolute Gasteiger partial charge is 0.469 e. The van der Waals surface area contributed by atoms with Crippen molar-refractivity contribution < 1.29 is 23.5 Å². The van der Waals surface area contributed by atoms with Crippen molar-refractivity contribution >= 4 is 29.3 Å². The van der Waals surface area contributed by atoms with Crippen LogP contribution in [0, 0.1) is 0 Å². The highest BCUT2D eigenvalue weighted by atomic mass is 32.1. The number of nitrogens with zero attached hydrogens (tertiary/aromatic N) is 2. The van der Waals surface area contributed by atoms with Gasteiger partial charge in [0.05, 0.1) is 37.9 Å². The number of methoxy groups -OCH3 is 2. The summed E-state index contributed by atoms with van der Waals surface area (Å²) < 4.78 is 16.0. The lowest BCUT2D eigenvalue weighted by molar-refractivity contribution is -0.140. The van der Waals surface area contributed by atoms with Gasteiger partial charge in [0, 0.05) is 18.3 Å². The van der Waals surface area contributed by atoms with Crippen LogP contribution in [0.1, 0.15) is 40.3 Å². The number of pyridine rings is 1. The number of carbonyl (C=O) groups is 2. The minimum atomic E-state index is -0.446. The van der Waals surface area contributed by atoms with Crippen LogP contribution in [0.4, 0.5) is 0 Å². The third kappa shape index (κ3) is 4.58. The molecule has 1 saturated heterocycles. The van der Waals surface area contributed by atoms with E-state index in [-0.39, 0.29) is 24.5 Å². The molecular formula is C24H23N3O5S. The summed E-state index contributed by atoms with van der Waals surface area (Å²) in [6, 6.07) is 15.8. The lowest BCUT2D eigenvalue weighted by Gasteiger charge is -2.25. The fraction of sp³-hybridized carbons (Fsp3) is 0.250. The van der Waals surface area contributed by atoms with E-state index in [9.17, 15) is 9.59 Å². The summed E-state index contributed by atoms with van der Waals surface area (Å²) >= 11 is 5.59. The molecule has 1 aromatic carbocycles. The van der Waals surface area contributed by atoms with Gasteiger partial charge in [-0.3, -0.25) is 9.78 Å². The minimum absolute atomic E-state index is 0.169. The summed E-state index contributed by atoms with van der Waals surface area (Å²) in [6.45, 7) is 0.348. The normalized spacial score (nSPS) is 17.5. The van der Waals surface area contributed by atoms with Crippen molar-refractivity contribution in [3.63, 3.8) is 0 Å². The molecule has 0 unspecified atom stereocenters. The second-order valence-electron chi connectivity index (χ2n) is 7.39. The molecule has 8 nitrogen and oxygen atoms in total. The van der Waals surface area contributed by atoms with Crippen LogP contribution in [0.3, 0.4) is 0 Å². The van der Waals surface area contributed by atoms with Crippen molar-refractivity contribution in [2.75, 3.05) is 20.8 Å². The molecule has 0 saturated carbocycles. The molecule has 0 aliphatic carbocycles. The van der Waals surface area contributed by atoms with Crippen LogP contribution in [0.2, 0.25) is 0 Å². The topological polar surface area (TPSA) is 93.9 Å². The second-order valence-corrected chi connectivity index (χ2v) is 7.77. The van der Waals surface area contributed by atoms with Crippen molar-refractivity contribution in [2.24, 2.45) is 0 Å². The molecule has 2 aromatic heterocycles. The van der Waals surface area contributed by atoms with Crippen molar-refractivity contribution in [2.45, 2.75) is 18.5 Å². The first-order valence-corrected chi connectivity index (χ1v) is 10.8. The van der Waals surface area contributed by atoms with Gasteiger partial charge in [0.25, 0.3) is 0 Å². The maximum Gasteiger partial charge on any atom is 0.338 e. The number of rotatable bonds is 7. The van der Waals surface area contributed by atoms with E-state index >= 15 is 0 Å². The smallest absolute Gasteiger partial charge is 0.338 e. The number of benzene rings is 1. The van der Waals surface area contributed by atoms with Crippen molar-refractivity contribution in [3.8, 4) is 11.3 Å². The first-order chi connectivity index (χ1) is 16.0. The highest BCUT2D eigenvalue weighted by Gasteiger charge is 2.41. The number of hydrogen-bond acceptors (Lipinski definition) is 7. The van der Waals surface area contributed by atoms with E-state index in [2.05, 4.69) is 10.3 Å². The van der Waals surface area contributed by atoms with Crippen molar-refractivity contribution in [3.05, 3.63) is 77.8 Å². The Morgan fingerprint density at radius 1 is 1.09 bits per heavy atom. The zero-order chi connectivity index (χ0) is 23.4. The predicted octanol–water partition coefficient (Wildman–Crippen LogP) is 3.66. The molecule has 1 aliphatic rings. The highest BCUT2D eigenvalue weighted by Crippen LogP contribution is 2.40. The van der Waals surface area contributed by atoms with Gasteiger partial charge in [-0.25, -0.2) is 4.79 Å². The van der Waals surface area contributed by atoms with Gasteiger partial charge in [-0.2, -0.15) is 0 Å². The van der Waals surface area contributed by atoms with E-state index < -0.39 is 5.97 Å². The number of hydrogen-bond donors (Lipinski definition) is 1. The molecule has 1 aliphatic heterocycles. The number of aromatic nitrogens is 1. The molecule has 3 heterocycles. The van der Waals surface area contributed by atoms with Gasteiger partial charge < -0.3 is 24.1 Å². The van der Waals surface area contributed by atoms with Gasteiger partial charge in [0.1, 0.15) is 17.6 Å². The summed E-state index contributed by atoms with van der Waals surface area (Å²) in [5.74, 6) is 0.373. The highest BCUT2D eigenvalue weighted by molar-refractivity contribution is 7.80. The van der Waals surface area contributed by atoms with Crippen LogP contribution in [-0.2, 0) is 14.3 Å². The number of carbonyl (C=O) groups excluding carboxylic acids is 2. The zero-order valence-electron chi connectivity index (χ0n) is 18.2. The van der Waals surface area contributed by atoms with Crippen LogP contribution >= 0.6 is 12.2 Å². The van der Waals surface area contributed by atoms with E-state index in [1.807, 2.05) is 41.3 Å². The lowest BCUT2D eigenvalue weighted by Crippen LogP contribution is -2.31. The Kier molecular flexibility index (Phi) is 6.69. The Morgan fingerprint density at radius 2 is 1.88 bits per heavy atom. The molecule has 0 amide bonds. The maximum atomic E-state index is 12.2. The molecule has 1 fully saturated rings. The van der Waals surface area contributed by atoms with Gasteiger partial charge in [0.15, 0.2) is 5.11 Å². The summed E-state index contributed by atoms with van der Waals surface area (Å²) in [4.78, 5) is 30.4. The number of nitrogens with one attached hydrogen (secondary N) is 1. The van der Waals surface area contributed by atoms with E-state index in [1.165, 1.54) is 14.2 Å². The van der Waals surface area contributed by atoms with Crippen LogP contribution < -0.4 is 5.32 Å². The summed E-state index contributed by atoms with van der Waals surface area (Å²) in [6.07, 6.45) is 1.89. The Labute approximate surface area is 196 Å². The molecule has 0 radical (unpaired) electrons. The molecule has 33 heavy (non-hydrogen) atoms. The molecule has 0 spiro atoms. The first kappa shape index (κ1) is 22.5. The van der Waals surface area contributed by atoms with E-state index in [1.54, 1.807) is 24.4 Å². The molecule has 9 heteroatoms. The maximum absolute atomic E-state index is 12.2. The molecular weight excluding hydrogens is 442 g/mol. The van der Waals surface area contributed by atoms with Gasteiger partial charge in [-0.05, 0) is 42.5 Å². The fourth-order valence-electron chi connectivity index (χ4n) is 3.91. The Hall–Kier alpha value is -3.72. The van der Waals surface area contributed by atoms with Crippen LogP contribution in [-0.4, -0.2) is 47.7 Å². The fourth-order valence-corrected chi connectivity index (χ4v) is 4.24. The second kappa shape index (κ2) is 9.83. The monoisotopic (exact) mass is 465 g/mol. The Bertz CT molecular complexity index is 1160. The van der Waals surface area contributed by atoms with E-state index in [0.29, 0.717) is 34.3 Å². The zero-order valence-corrected chi connectivity index (χ0v) is 19.0. The SMILES string of the molecule is COC(=O)CCN1C(=S)N[C@H](c2ccccn2)[C@H]1c1ccc(-c2ccccc2C(=O)OC)o1. The van der Waals surface area contributed by atoms with E-state index in [4.69, 9.17) is 26.1 Å². The Balaban J connectivity index is 1.72. The summed E-state index contributed by atoms with van der Waals surface area (Å²) in [5, 5.41) is 3.80. The molecule has 1 N–H and O–H groups in total. The van der Waals surface area contributed by atoms with Gasteiger partial charge >= 0.3 is 11.9 Å². The van der Waals surface area contributed by atoms with Crippen molar-refractivity contribution in [1.29, 1.82) is 0 Å². The van der Waals surface area contributed by atoms with Gasteiger partial charge in [-0.1, -0.05) is 24.3 Å². The molecule has 4 rings (SSSR count). The van der Waals surface area contributed by atoms with Crippen LogP contribution in [0.5, 0.6) is 0 Å². The van der Waals surface area contributed by atoms with Crippen LogP contribution in [0.25, 0.3) is 11.3 Å². The summed E-state index contributed by atoms with van der Waals surface area (Å²) in [5.41, 5.74) is 1.82.